The lowest BCUT2D eigenvalue weighted by Gasteiger charge is -2.23. The summed E-state index contributed by atoms with van der Waals surface area (Å²) in [6.45, 7) is 0.580. The molecule has 4 rings (SSSR count). The van der Waals surface area contributed by atoms with E-state index in [2.05, 4.69) is 20.5 Å². The fraction of sp³-hybridized carbons (Fsp3) is 0.636. The van der Waals surface area contributed by atoms with Crippen molar-refractivity contribution in [2.24, 2.45) is 9.39 Å². The molecule has 8 heteroatoms. The molecule has 2 aliphatic carbocycles. The summed E-state index contributed by atoms with van der Waals surface area (Å²) in [7, 11) is -3.50. The molecule has 0 aliphatic heterocycles. The van der Waals surface area contributed by atoms with Gasteiger partial charge in [0.25, 0.3) is 10.0 Å². The second kappa shape index (κ2) is 9.64. The molecule has 0 saturated heterocycles. The molecule has 0 amide bonds. The molecular formula is C22H32N4O2S2. The number of rotatable bonds is 5. The van der Waals surface area contributed by atoms with Crippen LogP contribution >= 0.6 is 11.5 Å². The number of nitrogens with zero attached hydrogens (tertiary/aromatic N) is 4. The predicted molar refractivity (Wildman–Crippen MR) is 121 cm³/mol. The van der Waals surface area contributed by atoms with Gasteiger partial charge in [0, 0.05) is 6.04 Å². The second-order valence-corrected chi connectivity index (χ2v) is 11.2. The summed E-state index contributed by atoms with van der Waals surface area (Å²) in [5.74, 6) is 0. The van der Waals surface area contributed by atoms with Gasteiger partial charge in [0.05, 0.1) is 18.8 Å². The fourth-order valence-corrected chi connectivity index (χ4v) is 6.48. The van der Waals surface area contributed by atoms with Crippen molar-refractivity contribution >= 4 is 21.6 Å². The number of aromatic nitrogens is 2. The largest absolute Gasteiger partial charge is 0.281 e. The van der Waals surface area contributed by atoms with Gasteiger partial charge in [-0.1, -0.05) is 68.9 Å². The molecule has 0 N–H and O–H groups in total. The molecule has 2 aliphatic rings. The molecule has 0 bridgehead atoms. The molecule has 0 radical (unpaired) electrons. The highest BCUT2D eigenvalue weighted by Gasteiger charge is 2.22. The highest BCUT2D eigenvalue weighted by molar-refractivity contribution is 7.89. The zero-order chi connectivity index (χ0) is 21.0. The Labute approximate surface area is 183 Å². The Morgan fingerprint density at radius 2 is 1.60 bits per heavy atom. The minimum Gasteiger partial charge on any atom is -0.281 e. The monoisotopic (exact) mass is 448 g/mol. The molecule has 30 heavy (non-hydrogen) atoms. The first-order valence-corrected chi connectivity index (χ1v) is 13.8. The van der Waals surface area contributed by atoms with Crippen LogP contribution in [0.2, 0.25) is 0 Å². The van der Waals surface area contributed by atoms with E-state index >= 15 is 0 Å². The Balaban J connectivity index is 1.89. The SMILES string of the molecule is CS(=O)(=O)/N=c1\sn(C2CCCCC2)c(=NC2CCCCC2)n1Cc1ccccc1. The van der Waals surface area contributed by atoms with Gasteiger partial charge >= 0.3 is 0 Å². The van der Waals surface area contributed by atoms with Gasteiger partial charge in [0.15, 0.2) is 0 Å². The van der Waals surface area contributed by atoms with Crippen molar-refractivity contribution in [2.45, 2.75) is 82.8 Å². The minimum atomic E-state index is -3.50. The maximum Gasteiger partial charge on any atom is 0.252 e. The van der Waals surface area contributed by atoms with E-state index in [9.17, 15) is 8.42 Å². The van der Waals surface area contributed by atoms with E-state index in [0.717, 1.165) is 36.9 Å². The average molecular weight is 449 g/mol. The Hall–Kier alpha value is -1.67. The highest BCUT2D eigenvalue weighted by atomic mass is 32.2. The maximum absolute atomic E-state index is 12.1. The summed E-state index contributed by atoms with van der Waals surface area (Å²) in [6, 6.07) is 10.9. The van der Waals surface area contributed by atoms with Crippen molar-refractivity contribution in [2.75, 3.05) is 6.26 Å². The number of benzene rings is 1. The lowest BCUT2D eigenvalue weighted by molar-refractivity contribution is 0.350. The van der Waals surface area contributed by atoms with Crippen molar-refractivity contribution in [1.29, 1.82) is 0 Å². The molecule has 1 aromatic carbocycles. The smallest absolute Gasteiger partial charge is 0.252 e. The third-order valence-electron chi connectivity index (χ3n) is 6.06. The third kappa shape index (κ3) is 5.52. The van der Waals surface area contributed by atoms with Gasteiger partial charge in [0.2, 0.25) is 10.4 Å². The molecule has 0 spiro atoms. The van der Waals surface area contributed by atoms with Gasteiger partial charge in [-0.15, -0.1) is 4.40 Å². The van der Waals surface area contributed by atoms with Crippen molar-refractivity contribution in [3.8, 4) is 0 Å². The molecule has 164 valence electrons. The van der Waals surface area contributed by atoms with Gasteiger partial charge in [0.1, 0.15) is 0 Å². The Kier molecular flexibility index (Phi) is 6.93. The fourth-order valence-electron chi connectivity index (χ4n) is 4.55. The van der Waals surface area contributed by atoms with E-state index < -0.39 is 10.0 Å². The third-order valence-corrected chi connectivity index (χ3v) is 7.81. The Morgan fingerprint density at radius 1 is 0.967 bits per heavy atom. The number of sulfonamides is 1. The average Bonchev–Trinajstić information content (AvgIpc) is 3.05. The van der Waals surface area contributed by atoms with E-state index in [1.165, 1.54) is 56.3 Å². The molecule has 6 nitrogen and oxygen atoms in total. The highest BCUT2D eigenvalue weighted by Crippen LogP contribution is 2.28. The molecule has 1 heterocycles. The molecule has 0 unspecified atom stereocenters. The summed E-state index contributed by atoms with van der Waals surface area (Å²) in [6.07, 6.45) is 13.1. The van der Waals surface area contributed by atoms with Crippen LogP contribution in [-0.4, -0.2) is 29.2 Å². The summed E-state index contributed by atoms with van der Waals surface area (Å²) >= 11 is 1.47. The normalized spacial score (nSPS) is 20.7. The molecule has 2 aromatic rings. The summed E-state index contributed by atoms with van der Waals surface area (Å²) in [5.41, 5.74) is 2.03. The minimum absolute atomic E-state index is 0.316. The Morgan fingerprint density at radius 3 is 2.23 bits per heavy atom. The zero-order valence-electron chi connectivity index (χ0n) is 17.7. The number of hydrogen-bond acceptors (Lipinski definition) is 4. The molecule has 1 aromatic heterocycles. The molecule has 0 atom stereocenters. The first-order valence-electron chi connectivity index (χ1n) is 11.2. The van der Waals surface area contributed by atoms with Gasteiger partial charge in [-0.25, -0.2) is 13.4 Å². The van der Waals surface area contributed by atoms with E-state index in [1.807, 2.05) is 22.8 Å². The van der Waals surface area contributed by atoms with Crippen LogP contribution in [0.4, 0.5) is 0 Å². The van der Waals surface area contributed by atoms with Crippen LogP contribution in [0.5, 0.6) is 0 Å². The van der Waals surface area contributed by atoms with Crippen LogP contribution in [0.3, 0.4) is 0 Å². The second-order valence-electron chi connectivity index (χ2n) is 8.61. The lowest BCUT2D eigenvalue weighted by atomic mass is 9.96. The van der Waals surface area contributed by atoms with Crippen molar-refractivity contribution in [3.63, 3.8) is 0 Å². The van der Waals surface area contributed by atoms with Gasteiger partial charge in [-0.3, -0.25) is 8.52 Å². The van der Waals surface area contributed by atoms with Crippen molar-refractivity contribution in [1.82, 2.24) is 8.52 Å². The van der Waals surface area contributed by atoms with Crippen LogP contribution in [0.1, 0.15) is 75.8 Å². The maximum atomic E-state index is 12.1. The van der Waals surface area contributed by atoms with Crippen LogP contribution in [0.15, 0.2) is 39.7 Å². The Bertz CT molecular complexity index is 1070. The molecular weight excluding hydrogens is 416 g/mol. The number of hydrogen-bond donors (Lipinski definition) is 0. The van der Waals surface area contributed by atoms with Crippen LogP contribution in [0, 0.1) is 0 Å². The van der Waals surface area contributed by atoms with Gasteiger partial charge < -0.3 is 0 Å². The van der Waals surface area contributed by atoms with E-state index in [4.69, 9.17) is 4.99 Å². The van der Waals surface area contributed by atoms with Crippen LogP contribution in [0.25, 0.3) is 0 Å². The predicted octanol–water partition coefficient (Wildman–Crippen LogP) is 4.00. The first kappa shape index (κ1) is 21.6. The quantitative estimate of drug-likeness (QED) is 0.694. The molecule has 2 saturated carbocycles. The van der Waals surface area contributed by atoms with Crippen molar-refractivity contribution < 1.29 is 8.42 Å². The van der Waals surface area contributed by atoms with Gasteiger partial charge in [-0.2, -0.15) is 0 Å². The first-order chi connectivity index (χ1) is 14.5. The van der Waals surface area contributed by atoms with Crippen LogP contribution < -0.4 is 10.4 Å². The lowest BCUT2D eigenvalue weighted by Crippen LogP contribution is -2.35. The van der Waals surface area contributed by atoms with E-state index in [1.54, 1.807) is 0 Å². The molecule has 2 fully saturated rings. The topological polar surface area (TPSA) is 68.7 Å². The standard InChI is InChI=1S/C22H32N4O2S2/c1-30(27,28)24-22-25(17-18-11-5-2-6-12-18)21(23-19-13-7-3-8-14-19)26(29-22)20-15-9-4-10-16-20/h2,5-6,11-12,19-20H,3-4,7-10,13-17H2,1H3/b23-21?,24-22-. The van der Waals surface area contributed by atoms with Gasteiger partial charge in [-0.05, 0) is 42.8 Å². The van der Waals surface area contributed by atoms with E-state index in [-0.39, 0.29) is 0 Å². The summed E-state index contributed by atoms with van der Waals surface area (Å²) < 4.78 is 32.6. The van der Waals surface area contributed by atoms with E-state index in [0.29, 0.717) is 23.4 Å². The summed E-state index contributed by atoms with van der Waals surface area (Å²) in [5, 5.41) is 0. The van der Waals surface area contributed by atoms with Crippen molar-refractivity contribution in [3.05, 3.63) is 46.3 Å². The van der Waals surface area contributed by atoms with Crippen LogP contribution in [-0.2, 0) is 16.6 Å². The summed E-state index contributed by atoms with van der Waals surface area (Å²) in [4.78, 5) is 5.75. The zero-order valence-corrected chi connectivity index (χ0v) is 19.4.